The van der Waals surface area contributed by atoms with Crippen LogP contribution in [0.2, 0.25) is 0 Å². The Bertz CT molecular complexity index is 978. The number of hydrogen-bond acceptors (Lipinski definition) is 3. The molecule has 0 bridgehead atoms. The van der Waals surface area contributed by atoms with Crippen LogP contribution in [0.25, 0.3) is 10.2 Å². The topological polar surface area (TPSA) is 37.6 Å². The lowest BCUT2D eigenvalue weighted by molar-refractivity contribution is 0.0998. The van der Waals surface area contributed by atoms with E-state index in [9.17, 15) is 4.79 Å². The highest BCUT2D eigenvalue weighted by Crippen LogP contribution is 2.24. The van der Waals surface area contributed by atoms with Gasteiger partial charge in [-0.2, -0.15) is 4.99 Å². The lowest BCUT2D eigenvalue weighted by Crippen LogP contribution is -2.14. The number of rotatable bonds is 2. The van der Waals surface area contributed by atoms with E-state index in [4.69, 9.17) is 0 Å². The zero-order chi connectivity index (χ0) is 17.4. The van der Waals surface area contributed by atoms with Gasteiger partial charge in [0.25, 0.3) is 5.91 Å². The van der Waals surface area contributed by atoms with Crippen LogP contribution >= 0.6 is 11.3 Å². The Hall–Kier alpha value is -2.40. The van der Waals surface area contributed by atoms with Crippen molar-refractivity contribution in [3.05, 3.63) is 57.9 Å². The van der Waals surface area contributed by atoms with Gasteiger partial charge in [0.05, 0.1) is 10.2 Å². The van der Waals surface area contributed by atoms with E-state index in [-0.39, 0.29) is 5.91 Å². The molecule has 1 aromatic heterocycles. The largest absolute Gasteiger partial charge is 0.378 e. The van der Waals surface area contributed by atoms with Gasteiger partial charge in [-0.3, -0.25) is 4.79 Å². The zero-order valence-corrected chi connectivity index (χ0v) is 15.4. The van der Waals surface area contributed by atoms with Gasteiger partial charge in [0.2, 0.25) is 0 Å². The molecule has 0 radical (unpaired) electrons. The summed E-state index contributed by atoms with van der Waals surface area (Å²) < 4.78 is 3.20. The number of aryl methyl sites for hydroxylation is 3. The average molecular weight is 339 g/mol. The number of aromatic nitrogens is 1. The summed E-state index contributed by atoms with van der Waals surface area (Å²) in [6.07, 6.45) is 0. The summed E-state index contributed by atoms with van der Waals surface area (Å²) in [6.45, 7) is 4.17. The first-order valence-electron chi connectivity index (χ1n) is 7.80. The van der Waals surface area contributed by atoms with Crippen molar-refractivity contribution < 1.29 is 4.79 Å². The van der Waals surface area contributed by atoms with E-state index in [1.165, 1.54) is 15.8 Å². The van der Waals surface area contributed by atoms with Crippen molar-refractivity contribution in [1.82, 2.24) is 4.57 Å². The SMILES string of the molecule is Cc1ccc(C)c2c1sc(=NC(=O)c1ccc(N(C)C)cc1)n2C. The molecular formula is C19H21N3OS. The summed E-state index contributed by atoms with van der Waals surface area (Å²) in [7, 11) is 5.92. The molecule has 0 saturated heterocycles. The Balaban J connectivity index is 2.06. The van der Waals surface area contributed by atoms with E-state index in [2.05, 4.69) is 31.0 Å². The van der Waals surface area contributed by atoms with Crippen LogP contribution in [0, 0.1) is 13.8 Å². The molecule has 0 aliphatic carbocycles. The van der Waals surface area contributed by atoms with Crippen LogP contribution in [0.3, 0.4) is 0 Å². The molecule has 0 spiro atoms. The minimum absolute atomic E-state index is 0.210. The second-order valence-corrected chi connectivity index (χ2v) is 7.16. The van der Waals surface area contributed by atoms with Gasteiger partial charge in [-0.05, 0) is 49.2 Å². The molecule has 3 aromatic rings. The summed E-state index contributed by atoms with van der Waals surface area (Å²) in [5, 5.41) is 0. The highest BCUT2D eigenvalue weighted by molar-refractivity contribution is 7.16. The van der Waals surface area contributed by atoms with Gasteiger partial charge < -0.3 is 9.47 Å². The number of hydrogen-bond donors (Lipinski definition) is 0. The molecule has 0 unspecified atom stereocenters. The minimum atomic E-state index is -0.210. The second kappa shape index (κ2) is 6.24. The first-order chi connectivity index (χ1) is 11.4. The fourth-order valence-corrected chi connectivity index (χ4v) is 3.89. The number of amides is 1. The third kappa shape index (κ3) is 2.87. The summed E-state index contributed by atoms with van der Waals surface area (Å²) in [5.74, 6) is -0.210. The fraction of sp³-hybridized carbons (Fsp3) is 0.263. The predicted octanol–water partition coefficient (Wildman–Crippen LogP) is 3.66. The number of anilines is 1. The van der Waals surface area contributed by atoms with Crippen LogP contribution in [0.4, 0.5) is 5.69 Å². The molecule has 0 fully saturated rings. The van der Waals surface area contributed by atoms with Crippen molar-refractivity contribution in [2.75, 3.05) is 19.0 Å². The zero-order valence-electron chi connectivity index (χ0n) is 14.6. The number of nitrogens with zero attached hydrogens (tertiary/aromatic N) is 3. The normalized spacial score (nSPS) is 12.0. The molecule has 0 atom stereocenters. The monoisotopic (exact) mass is 339 g/mol. The van der Waals surface area contributed by atoms with Crippen molar-refractivity contribution in [2.24, 2.45) is 12.0 Å². The summed E-state index contributed by atoms with van der Waals surface area (Å²) >= 11 is 1.56. The standard InChI is InChI=1S/C19H21N3OS/c1-12-6-7-13(2)17-16(12)22(5)19(24-17)20-18(23)14-8-10-15(11-9-14)21(3)4/h6-11H,1-5H3. The van der Waals surface area contributed by atoms with E-state index >= 15 is 0 Å². The van der Waals surface area contributed by atoms with Crippen LogP contribution in [0.5, 0.6) is 0 Å². The van der Waals surface area contributed by atoms with E-state index in [1.54, 1.807) is 11.3 Å². The van der Waals surface area contributed by atoms with Gasteiger partial charge in [-0.25, -0.2) is 0 Å². The van der Waals surface area contributed by atoms with Crippen LogP contribution in [0.15, 0.2) is 41.4 Å². The Labute approximate surface area is 145 Å². The minimum Gasteiger partial charge on any atom is -0.378 e. The molecule has 4 nitrogen and oxygen atoms in total. The molecule has 1 heterocycles. The van der Waals surface area contributed by atoms with E-state index in [0.29, 0.717) is 5.56 Å². The van der Waals surface area contributed by atoms with Crippen molar-refractivity contribution in [3.63, 3.8) is 0 Å². The molecule has 124 valence electrons. The highest BCUT2D eigenvalue weighted by Gasteiger charge is 2.10. The van der Waals surface area contributed by atoms with E-state index in [1.807, 2.05) is 54.9 Å². The van der Waals surface area contributed by atoms with Gasteiger partial charge in [-0.15, -0.1) is 0 Å². The fourth-order valence-electron chi connectivity index (χ4n) is 2.72. The van der Waals surface area contributed by atoms with Gasteiger partial charge in [0, 0.05) is 32.4 Å². The Kier molecular flexibility index (Phi) is 4.28. The summed E-state index contributed by atoms with van der Waals surface area (Å²) in [4.78, 5) is 19.6. The lowest BCUT2D eigenvalue weighted by Gasteiger charge is -2.11. The number of carbonyl (C=O) groups excluding carboxylic acids is 1. The molecule has 0 saturated carbocycles. The first-order valence-corrected chi connectivity index (χ1v) is 8.62. The molecule has 24 heavy (non-hydrogen) atoms. The number of thiazole rings is 1. The van der Waals surface area contributed by atoms with E-state index < -0.39 is 0 Å². The maximum Gasteiger partial charge on any atom is 0.279 e. The van der Waals surface area contributed by atoms with Crippen molar-refractivity contribution in [1.29, 1.82) is 0 Å². The van der Waals surface area contributed by atoms with Crippen LogP contribution in [-0.2, 0) is 7.05 Å². The number of carbonyl (C=O) groups is 1. The van der Waals surface area contributed by atoms with Crippen LogP contribution in [0.1, 0.15) is 21.5 Å². The lowest BCUT2D eigenvalue weighted by atomic mass is 10.1. The van der Waals surface area contributed by atoms with Crippen molar-refractivity contribution in [2.45, 2.75) is 13.8 Å². The van der Waals surface area contributed by atoms with E-state index in [0.717, 1.165) is 16.0 Å². The molecule has 0 aliphatic heterocycles. The van der Waals surface area contributed by atoms with Gasteiger partial charge >= 0.3 is 0 Å². The molecular weight excluding hydrogens is 318 g/mol. The third-order valence-electron chi connectivity index (χ3n) is 4.17. The summed E-state index contributed by atoms with van der Waals surface area (Å²) in [5.41, 5.74) is 5.21. The first kappa shape index (κ1) is 16.5. The molecule has 2 aromatic carbocycles. The molecule has 0 aliphatic rings. The highest BCUT2D eigenvalue weighted by atomic mass is 32.1. The Morgan fingerprint density at radius 2 is 1.67 bits per heavy atom. The maximum absolute atomic E-state index is 12.5. The quantitative estimate of drug-likeness (QED) is 0.714. The molecule has 1 amide bonds. The maximum atomic E-state index is 12.5. The second-order valence-electron chi connectivity index (χ2n) is 6.18. The Morgan fingerprint density at radius 1 is 1.04 bits per heavy atom. The van der Waals surface area contributed by atoms with Gasteiger partial charge in [-0.1, -0.05) is 23.5 Å². The smallest absolute Gasteiger partial charge is 0.279 e. The number of fused-ring (bicyclic) bond motifs is 1. The predicted molar refractivity (Wildman–Crippen MR) is 101 cm³/mol. The van der Waals surface area contributed by atoms with Gasteiger partial charge in [0.1, 0.15) is 0 Å². The van der Waals surface area contributed by atoms with Crippen molar-refractivity contribution >= 4 is 33.1 Å². The van der Waals surface area contributed by atoms with Crippen molar-refractivity contribution in [3.8, 4) is 0 Å². The van der Waals surface area contributed by atoms with Crippen LogP contribution in [-0.4, -0.2) is 24.6 Å². The number of benzene rings is 2. The van der Waals surface area contributed by atoms with Gasteiger partial charge in [0.15, 0.2) is 4.80 Å². The van der Waals surface area contributed by atoms with Crippen LogP contribution < -0.4 is 9.70 Å². The molecule has 5 heteroatoms. The third-order valence-corrected chi connectivity index (χ3v) is 5.44. The molecule has 0 N–H and O–H groups in total. The summed E-state index contributed by atoms with van der Waals surface area (Å²) in [6, 6.07) is 11.7. The molecule has 3 rings (SSSR count). The average Bonchev–Trinajstić information content (AvgIpc) is 2.89. The Morgan fingerprint density at radius 3 is 2.25 bits per heavy atom.